The maximum atomic E-state index is 5.37. The molecule has 0 amide bonds. The van der Waals surface area contributed by atoms with Gasteiger partial charge in [-0.05, 0) is 30.2 Å². The first-order valence-electron chi connectivity index (χ1n) is 8.01. The normalized spacial score (nSPS) is 12.4. The molecule has 0 heterocycles. The van der Waals surface area contributed by atoms with E-state index in [9.17, 15) is 0 Å². The van der Waals surface area contributed by atoms with Crippen LogP contribution in [0.3, 0.4) is 0 Å². The fourth-order valence-corrected chi connectivity index (χ4v) is 2.90. The molecule has 2 N–H and O–H groups in total. The molecule has 1 unspecified atom stereocenters. The Balaban J connectivity index is 2.04. The van der Waals surface area contributed by atoms with E-state index in [1.807, 2.05) is 30.3 Å². The van der Waals surface area contributed by atoms with Crippen molar-refractivity contribution in [3.63, 3.8) is 0 Å². The van der Waals surface area contributed by atoms with Gasteiger partial charge in [-0.2, -0.15) is 0 Å². The van der Waals surface area contributed by atoms with Gasteiger partial charge in [0.25, 0.3) is 0 Å². The third-order valence-corrected chi connectivity index (χ3v) is 4.61. The second-order valence-corrected chi connectivity index (χ2v) is 6.36. The quantitative estimate of drug-likeness (QED) is 0.565. The molecule has 134 valence electrons. The Morgan fingerprint density at radius 1 is 1.12 bits per heavy atom. The molecule has 0 aliphatic rings. The van der Waals surface area contributed by atoms with Gasteiger partial charge in [0, 0.05) is 18.1 Å². The van der Waals surface area contributed by atoms with E-state index in [1.54, 1.807) is 21.3 Å². The summed E-state index contributed by atoms with van der Waals surface area (Å²) < 4.78 is 11.6. The Hall–Kier alpha value is -2.21. The lowest BCUT2D eigenvalue weighted by molar-refractivity contribution is 0.354. The summed E-state index contributed by atoms with van der Waals surface area (Å²) in [5.74, 6) is 2.12. The summed E-state index contributed by atoms with van der Waals surface area (Å²) in [7, 11) is 5.01. The third-order valence-electron chi connectivity index (χ3n) is 3.88. The van der Waals surface area contributed by atoms with Crippen molar-refractivity contribution in [2.45, 2.75) is 19.5 Å². The van der Waals surface area contributed by atoms with Gasteiger partial charge in [0.15, 0.2) is 17.5 Å². The monoisotopic (exact) mass is 405 g/mol. The highest BCUT2D eigenvalue weighted by Gasteiger charge is 2.11. The van der Waals surface area contributed by atoms with Crippen molar-refractivity contribution in [3.8, 4) is 11.5 Å². The standard InChI is InChI=1S/C19H24BrN3O2/c1-13(14-8-6-5-7-9-14)23-19(21-2)22-12-15-10-17(24-3)18(25-4)11-16(15)20/h5-11,13H,12H2,1-4H3,(H2,21,22,23). The maximum Gasteiger partial charge on any atom is 0.191 e. The number of rotatable bonds is 6. The van der Waals surface area contributed by atoms with E-state index in [4.69, 9.17) is 9.47 Å². The lowest BCUT2D eigenvalue weighted by atomic mass is 10.1. The Kier molecular flexibility index (Phi) is 7.13. The first-order valence-corrected chi connectivity index (χ1v) is 8.80. The largest absolute Gasteiger partial charge is 0.493 e. The average molecular weight is 406 g/mol. The van der Waals surface area contributed by atoms with Crippen LogP contribution in [0.25, 0.3) is 0 Å². The number of benzene rings is 2. The Labute approximate surface area is 157 Å². The van der Waals surface area contributed by atoms with Gasteiger partial charge in [0.2, 0.25) is 0 Å². The van der Waals surface area contributed by atoms with Gasteiger partial charge in [-0.1, -0.05) is 46.3 Å². The highest BCUT2D eigenvalue weighted by Crippen LogP contribution is 2.33. The van der Waals surface area contributed by atoms with Crippen LogP contribution in [0.4, 0.5) is 0 Å². The third kappa shape index (κ3) is 5.13. The van der Waals surface area contributed by atoms with Gasteiger partial charge in [-0.3, -0.25) is 4.99 Å². The maximum absolute atomic E-state index is 5.37. The number of methoxy groups -OCH3 is 2. The molecule has 0 saturated carbocycles. The number of hydrogen-bond acceptors (Lipinski definition) is 3. The first-order chi connectivity index (χ1) is 12.1. The number of halogens is 1. The van der Waals surface area contributed by atoms with Crippen LogP contribution in [0.1, 0.15) is 24.1 Å². The minimum absolute atomic E-state index is 0.154. The molecule has 0 fully saturated rings. The zero-order chi connectivity index (χ0) is 18.2. The summed E-state index contributed by atoms with van der Waals surface area (Å²) in [6, 6.07) is 14.3. The van der Waals surface area contributed by atoms with Crippen LogP contribution in [0.2, 0.25) is 0 Å². The molecule has 2 aromatic rings. The van der Waals surface area contributed by atoms with Gasteiger partial charge in [0.05, 0.1) is 20.3 Å². The van der Waals surface area contributed by atoms with Crippen molar-refractivity contribution >= 4 is 21.9 Å². The number of hydrogen-bond donors (Lipinski definition) is 2. The lowest BCUT2D eigenvalue weighted by Crippen LogP contribution is -2.38. The van der Waals surface area contributed by atoms with E-state index in [1.165, 1.54) is 5.56 Å². The van der Waals surface area contributed by atoms with E-state index in [-0.39, 0.29) is 6.04 Å². The highest BCUT2D eigenvalue weighted by atomic mass is 79.9. The predicted molar refractivity (Wildman–Crippen MR) is 105 cm³/mol. The van der Waals surface area contributed by atoms with Crippen LogP contribution >= 0.6 is 15.9 Å². The average Bonchev–Trinajstić information content (AvgIpc) is 2.66. The fraction of sp³-hybridized carbons (Fsp3) is 0.316. The molecule has 2 rings (SSSR count). The zero-order valence-corrected chi connectivity index (χ0v) is 16.6. The Morgan fingerprint density at radius 2 is 1.76 bits per heavy atom. The van der Waals surface area contributed by atoms with Crippen LogP contribution < -0.4 is 20.1 Å². The molecule has 0 bridgehead atoms. The molecule has 0 aromatic heterocycles. The van der Waals surface area contributed by atoms with Crippen molar-refractivity contribution in [3.05, 3.63) is 58.1 Å². The smallest absolute Gasteiger partial charge is 0.191 e. The summed E-state index contributed by atoms with van der Waals surface area (Å²) in [6.07, 6.45) is 0. The van der Waals surface area contributed by atoms with E-state index in [0.29, 0.717) is 18.0 Å². The summed E-state index contributed by atoms with van der Waals surface area (Å²) in [4.78, 5) is 4.30. The number of ether oxygens (including phenoxy) is 2. The molecule has 0 aliphatic heterocycles. The molecule has 0 aliphatic carbocycles. The number of nitrogens with one attached hydrogen (secondary N) is 2. The predicted octanol–water partition coefficient (Wildman–Crippen LogP) is 3.89. The van der Waals surface area contributed by atoms with Gasteiger partial charge < -0.3 is 20.1 Å². The zero-order valence-electron chi connectivity index (χ0n) is 15.0. The van der Waals surface area contributed by atoms with Crippen LogP contribution in [0.5, 0.6) is 11.5 Å². The molecule has 2 aromatic carbocycles. The van der Waals surface area contributed by atoms with Crippen molar-refractivity contribution in [2.24, 2.45) is 4.99 Å². The number of guanidine groups is 1. The Morgan fingerprint density at radius 3 is 2.36 bits per heavy atom. The second kappa shape index (κ2) is 9.32. The van der Waals surface area contributed by atoms with Crippen LogP contribution in [-0.4, -0.2) is 27.2 Å². The molecule has 25 heavy (non-hydrogen) atoms. The molecular weight excluding hydrogens is 382 g/mol. The van der Waals surface area contributed by atoms with E-state index < -0.39 is 0 Å². The van der Waals surface area contributed by atoms with Crippen molar-refractivity contribution < 1.29 is 9.47 Å². The summed E-state index contributed by atoms with van der Waals surface area (Å²) in [5.41, 5.74) is 2.26. The SMILES string of the molecule is CN=C(NCc1cc(OC)c(OC)cc1Br)NC(C)c1ccccc1. The van der Waals surface area contributed by atoms with Crippen LogP contribution in [-0.2, 0) is 6.54 Å². The van der Waals surface area contributed by atoms with E-state index in [2.05, 4.69) is 50.6 Å². The lowest BCUT2D eigenvalue weighted by Gasteiger charge is -2.19. The van der Waals surface area contributed by atoms with E-state index in [0.717, 1.165) is 16.0 Å². The molecule has 0 radical (unpaired) electrons. The molecule has 0 spiro atoms. The van der Waals surface area contributed by atoms with Crippen LogP contribution in [0, 0.1) is 0 Å². The van der Waals surface area contributed by atoms with Gasteiger partial charge >= 0.3 is 0 Å². The summed E-state index contributed by atoms with van der Waals surface area (Å²) in [6.45, 7) is 2.71. The molecule has 6 heteroatoms. The summed E-state index contributed by atoms with van der Waals surface area (Å²) >= 11 is 3.58. The van der Waals surface area contributed by atoms with Gasteiger partial charge in [0.1, 0.15) is 0 Å². The molecule has 1 atom stereocenters. The molecular formula is C19H24BrN3O2. The van der Waals surface area contributed by atoms with E-state index >= 15 is 0 Å². The number of aliphatic imine (C=N–C) groups is 1. The Bertz CT molecular complexity index is 720. The first kappa shape index (κ1) is 19.1. The highest BCUT2D eigenvalue weighted by molar-refractivity contribution is 9.10. The van der Waals surface area contributed by atoms with Crippen LogP contribution in [0.15, 0.2) is 51.9 Å². The number of nitrogens with zero attached hydrogens (tertiary/aromatic N) is 1. The fourth-order valence-electron chi connectivity index (χ4n) is 2.44. The van der Waals surface area contributed by atoms with Crippen molar-refractivity contribution in [2.75, 3.05) is 21.3 Å². The topological polar surface area (TPSA) is 54.9 Å². The summed E-state index contributed by atoms with van der Waals surface area (Å²) in [5, 5.41) is 6.72. The molecule has 5 nitrogen and oxygen atoms in total. The van der Waals surface area contributed by atoms with Gasteiger partial charge in [-0.15, -0.1) is 0 Å². The minimum atomic E-state index is 0.154. The minimum Gasteiger partial charge on any atom is -0.493 e. The molecule has 0 saturated heterocycles. The van der Waals surface area contributed by atoms with Crippen molar-refractivity contribution in [1.29, 1.82) is 0 Å². The second-order valence-electron chi connectivity index (χ2n) is 5.50. The van der Waals surface area contributed by atoms with Gasteiger partial charge in [-0.25, -0.2) is 0 Å². The van der Waals surface area contributed by atoms with Crippen molar-refractivity contribution in [1.82, 2.24) is 10.6 Å².